The first-order valence-electron chi connectivity index (χ1n) is 11.1. The number of hydrogen-bond acceptors (Lipinski definition) is 5. The van der Waals surface area contributed by atoms with E-state index in [4.69, 9.17) is 9.72 Å². The second-order valence-electron chi connectivity index (χ2n) is 8.70. The SMILES string of the molecule is COC(=O)c1ccc2c(c1)nc(-c1ccc3c(c1)ncc(=O)n3C(C)C)n2C1CCCC1. The molecule has 2 aromatic carbocycles. The molecule has 5 rings (SSSR count). The summed E-state index contributed by atoms with van der Waals surface area (Å²) in [7, 11) is 1.38. The number of rotatable bonds is 4. The second kappa shape index (κ2) is 7.89. The average molecular weight is 431 g/mol. The fourth-order valence-electron chi connectivity index (χ4n) is 4.89. The number of benzene rings is 2. The van der Waals surface area contributed by atoms with Crippen LogP contribution in [0.4, 0.5) is 0 Å². The Balaban J connectivity index is 1.72. The monoisotopic (exact) mass is 430 g/mol. The van der Waals surface area contributed by atoms with Crippen LogP contribution < -0.4 is 5.56 Å². The molecule has 0 N–H and O–H groups in total. The van der Waals surface area contributed by atoms with Crippen LogP contribution in [0.1, 0.15) is 62.0 Å². The summed E-state index contributed by atoms with van der Waals surface area (Å²) in [6.07, 6.45) is 5.99. The molecular formula is C25H26N4O3. The zero-order chi connectivity index (χ0) is 22.4. The molecule has 2 aromatic heterocycles. The fraction of sp³-hybridized carbons (Fsp3) is 0.360. The maximum atomic E-state index is 12.3. The van der Waals surface area contributed by atoms with E-state index in [1.54, 1.807) is 16.7 Å². The standard InChI is InChI=1S/C25H26N4O3/c1-15(2)28-21-10-8-16(12-19(21)26-14-23(28)30)24-27-20-13-17(25(31)32-3)9-11-22(20)29(24)18-6-4-5-7-18/h8-15,18H,4-7H2,1-3H3. The van der Waals surface area contributed by atoms with Crippen molar-refractivity contribution in [1.29, 1.82) is 0 Å². The summed E-state index contributed by atoms with van der Waals surface area (Å²) in [5.41, 5.74) is 4.69. The Morgan fingerprint density at radius 2 is 1.81 bits per heavy atom. The van der Waals surface area contributed by atoms with Gasteiger partial charge in [-0.3, -0.25) is 4.79 Å². The van der Waals surface area contributed by atoms with E-state index in [0.29, 0.717) is 11.6 Å². The molecular weight excluding hydrogens is 404 g/mol. The summed E-state index contributed by atoms with van der Waals surface area (Å²) in [6.45, 7) is 3.99. The van der Waals surface area contributed by atoms with Gasteiger partial charge in [0.05, 0.1) is 40.9 Å². The highest BCUT2D eigenvalue weighted by Crippen LogP contribution is 2.37. The lowest BCUT2D eigenvalue weighted by Gasteiger charge is -2.17. The van der Waals surface area contributed by atoms with Gasteiger partial charge in [-0.05, 0) is 63.1 Å². The van der Waals surface area contributed by atoms with Crippen LogP contribution in [0.5, 0.6) is 0 Å². The predicted molar refractivity (Wildman–Crippen MR) is 124 cm³/mol. The van der Waals surface area contributed by atoms with E-state index in [9.17, 15) is 9.59 Å². The number of fused-ring (bicyclic) bond motifs is 2. The summed E-state index contributed by atoms with van der Waals surface area (Å²) in [5, 5.41) is 0. The molecule has 1 aliphatic rings. The zero-order valence-electron chi connectivity index (χ0n) is 18.5. The molecule has 1 aliphatic carbocycles. The molecule has 0 bridgehead atoms. The van der Waals surface area contributed by atoms with Crippen molar-refractivity contribution in [3.8, 4) is 11.4 Å². The van der Waals surface area contributed by atoms with Crippen LogP contribution in [0.2, 0.25) is 0 Å². The summed E-state index contributed by atoms with van der Waals surface area (Å²) in [4.78, 5) is 33.7. The Hall–Kier alpha value is -3.48. The molecule has 0 aliphatic heterocycles. The van der Waals surface area contributed by atoms with Crippen LogP contribution in [0.15, 0.2) is 47.4 Å². The molecule has 0 radical (unpaired) electrons. The number of nitrogens with zero attached hydrogens (tertiary/aromatic N) is 4. The zero-order valence-corrected chi connectivity index (χ0v) is 18.5. The van der Waals surface area contributed by atoms with Crippen LogP contribution in [-0.2, 0) is 4.74 Å². The minimum absolute atomic E-state index is 0.0404. The Morgan fingerprint density at radius 1 is 1.06 bits per heavy atom. The summed E-state index contributed by atoms with van der Waals surface area (Å²) >= 11 is 0. The number of imidazole rings is 1. The number of aromatic nitrogens is 4. The highest BCUT2D eigenvalue weighted by atomic mass is 16.5. The summed E-state index contributed by atoms with van der Waals surface area (Å²) < 4.78 is 8.95. The quantitative estimate of drug-likeness (QED) is 0.431. The number of ether oxygens (including phenoxy) is 1. The molecule has 0 atom stereocenters. The normalized spacial score (nSPS) is 14.6. The van der Waals surface area contributed by atoms with Crippen LogP contribution in [0, 0.1) is 0 Å². The van der Waals surface area contributed by atoms with Gasteiger partial charge in [0.1, 0.15) is 5.82 Å². The second-order valence-corrected chi connectivity index (χ2v) is 8.70. The van der Waals surface area contributed by atoms with Crippen molar-refractivity contribution in [3.63, 3.8) is 0 Å². The number of carbonyl (C=O) groups excluding carboxylic acids is 1. The van der Waals surface area contributed by atoms with Crippen molar-refractivity contribution in [3.05, 3.63) is 58.5 Å². The number of carbonyl (C=O) groups is 1. The topological polar surface area (TPSA) is 79.0 Å². The molecule has 1 fully saturated rings. The van der Waals surface area contributed by atoms with E-state index >= 15 is 0 Å². The highest BCUT2D eigenvalue weighted by Gasteiger charge is 2.24. The van der Waals surface area contributed by atoms with E-state index in [0.717, 1.165) is 46.3 Å². The lowest BCUT2D eigenvalue weighted by molar-refractivity contribution is 0.0601. The first-order valence-corrected chi connectivity index (χ1v) is 11.1. The van der Waals surface area contributed by atoms with Crippen molar-refractivity contribution >= 4 is 28.0 Å². The fourth-order valence-corrected chi connectivity index (χ4v) is 4.89. The van der Waals surface area contributed by atoms with Gasteiger partial charge in [0.2, 0.25) is 0 Å². The molecule has 7 heteroatoms. The van der Waals surface area contributed by atoms with Crippen molar-refractivity contribution < 1.29 is 9.53 Å². The minimum atomic E-state index is -0.370. The van der Waals surface area contributed by atoms with E-state index < -0.39 is 0 Å². The van der Waals surface area contributed by atoms with Crippen LogP contribution in [0.25, 0.3) is 33.5 Å². The maximum Gasteiger partial charge on any atom is 0.337 e. The third-order valence-electron chi connectivity index (χ3n) is 6.36. The Bertz CT molecular complexity index is 1390. The number of methoxy groups -OCH3 is 1. The van der Waals surface area contributed by atoms with Crippen molar-refractivity contribution in [2.45, 2.75) is 51.6 Å². The van der Waals surface area contributed by atoms with Gasteiger partial charge in [0.15, 0.2) is 0 Å². The Labute approximate surface area is 185 Å². The molecule has 1 saturated carbocycles. The van der Waals surface area contributed by atoms with E-state index in [2.05, 4.69) is 9.55 Å². The van der Waals surface area contributed by atoms with E-state index in [1.807, 2.05) is 38.1 Å². The molecule has 32 heavy (non-hydrogen) atoms. The van der Waals surface area contributed by atoms with Gasteiger partial charge in [-0.25, -0.2) is 14.8 Å². The molecule has 164 valence electrons. The third-order valence-corrected chi connectivity index (χ3v) is 6.36. The van der Waals surface area contributed by atoms with Gasteiger partial charge < -0.3 is 13.9 Å². The van der Waals surface area contributed by atoms with Crippen molar-refractivity contribution in [2.75, 3.05) is 7.11 Å². The number of hydrogen-bond donors (Lipinski definition) is 0. The van der Waals surface area contributed by atoms with Gasteiger partial charge in [0.25, 0.3) is 5.56 Å². The molecule has 0 unspecified atom stereocenters. The molecule has 7 nitrogen and oxygen atoms in total. The van der Waals surface area contributed by atoms with E-state index in [-0.39, 0.29) is 17.6 Å². The lowest BCUT2D eigenvalue weighted by atomic mass is 10.1. The molecule has 0 spiro atoms. The summed E-state index contributed by atoms with van der Waals surface area (Å²) in [5.74, 6) is 0.491. The van der Waals surface area contributed by atoms with Gasteiger partial charge >= 0.3 is 5.97 Å². The third kappa shape index (κ3) is 3.28. The van der Waals surface area contributed by atoms with Crippen LogP contribution >= 0.6 is 0 Å². The van der Waals surface area contributed by atoms with Crippen LogP contribution in [0.3, 0.4) is 0 Å². The first-order chi connectivity index (χ1) is 15.5. The number of esters is 1. The van der Waals surface area contributed by atoms with Crippen LogP contribution in [-0.4, -0.2) is 32.2 Å². The summed E-state index contributed by atoms with van der Waals surface area (Å²) in [6, 6.07) is 11.9. The lowest BCUT2D eigenvalue weighted by Crippen LogP contribution is -2.22. The average Bonchev–Trinajstić information content (AvgIpc) is 3.44. The largest absolute Gasteiger partial charge is 0.465 e. The molecule has 4 aromatic rings. The maximum absolute atomic E-state index is 12.3. The predicted octanol–water partition coefficient (Wildman–Crippen LogP) is 4.90. The highest BCUT2D eigenvalue weighted by molar-refractivity contribution is 5.94. The smallest absolute Gasteiger partial charge is 0.337 e. The molecule has 0 saturated heterocycles. The van der Waals surface area contributed by atoms with Gasteiger partial charge in [-0.1, -0.05) is 12.8 Å². The van der Waals surface area contributed by atoms with Gasteiger partial charge in [-0.15, -0.1) is 0 Å². The Morgan fingerprint density at radius 3 is 2.53 bits per heavy atom. The van der Waals surface area contributed by atoms with Gasteiger partial charge in [0, 0.05) is 17.6 Å². The van der Waals surface area contributed by atoms with Crippen molar-refractivity contribution in [1.82, 2.24) is 19.1 Å². The van der Waals surface area contributed by atoms with Crippen molar-refractivity contribution in [2.24, 2.45) is 0 Å². The minimum Gasteiger partial charge on any atom is -0.465 e. The van der Waals surface area contributed by atoms with E-state index in [1.165, 1.54) is 26.1 Å². The molecule has 0 amide bonds. The Kier molecular flexibility index (Phi) is 5.04. The molecule has 2 heterocycles. The van der Waals surface area contributed by atoms with Gasteiger partial charge in [-0.2, -0.15) is 0 Å². The first kappa shape index (κ1) is 20.4.